The number of aliphatic hydroxyl groups excluding tert-OH is 1. The van der Waals surface area contributed by atoms with Crippen molar-refractivity contribution in [1.29, 1.82) is 0 Å². The number of rotatable bonds is 12. The van der Waals surface area contributed by atoms with Crippen LogP contribution in [-0.2, 0) is 19.0 Å². The number of amides is 1. The number of carbonyl (C=O) groups excluding carboxylic acids is 2. The topological polar surface area (TPSA) is 57.6 Å². The molecule has 1 unspecified atom stereocenters. The van der Waals surface area contributed by atoms with Gasteiger partial charge in [0, 0.05) is 24.1 Å². The summed E-state index contributed by atoms with van der Waals surface area (Å²) in [7, 11) is 0. The molecule has 1 aliphatic heterocycles. The van der Waals surface area contributed by atoms with Crippen LogP contribution in [0.5, 0.6) is 0 Å². The second-order valence-corrected chi connectivity index (χ2v) is 12.6. The lowest BCUT2D eigenvalue weighted by Gasteiger charge is -2.26. The maximum Gasteiger partial charge on any atom is 0.416 e. The molecule has 0 spiro atoms. The van der Waals surface area contributed by atoms with Crippen LogP contribution in [0.2, 0.25) is 5.02 Å². The average molecular weight is 666 g/mol. The van der Waals surface area contributed by atoms with Crippen LogP contribution in [0.15, 0.2) is 97.1 Å². The molecule has 246 valence electrons. The number of Topliss-reactive ketones (excluding diaryl/α,β-unsaturated/α-hetero) is 1. The lowest BCUT2D eigenvalue weighted by Crippen LogP contribution is -2.30. The highest BCUT2D eigenvalue weighted by Gasteiger charge is 2.32. The number of benzene rings is 4. The van der Waals surface area contributed by atoms with Crippen molar-refractivity contribution >= 4 is 23.3 Å². The Hall–Kier alpha value is -4.01. The van der Waals surface area contributed by atoms with Crippen molar-refractivity contribution < 1.29 is 32.3 Å². The van der Waals surface area contributed by atoms with Gasteiger partial charge in [-0.1, -0.05) is 78.3 Å². The number of aliphatic hydroxyl groups is 1. The zero-order valence-corrected chi connectivity index (χ0v) is 26.5. The van der Waals surface area contributed by atoms with E-state index in [4.69, 9.17) is 11.6 Å². The predicted molar refractivity (Wildman–Crippen MR) is 174 cm³/mol. The minimum absolute atomic E-state index is 0.00250. The van der Waals surface area contributed by atoms with Gasteiger partial charge in [0.2, 0.25) is 0 Å². The summed E-state index contributed by atoms with van der Waals surface area (Å²) < 4.78 is 53.2. The van der Waals surface area contributed by atoms with Gasteiger partial charge in [0.15, 0.2) is 5.78 Å². The highest BCUT2D eigenvalue weighted by molar-refractivity contribution is 6.30. The first-order chi connectivity index (χ1) is 22.5. The summed E-state index contributed by atoms with van der Waals surface area (Å²) in [6.07, 6.45) is -2.24. The van der Waals surface area contributed by atoms with Crippen LogP contribution in [0.3, 0.4) is 0 Å². The molecule has 5 rings (SSSR count). The molecule has 4 aromatic carbocycles. The van der Waals surface area contributed by atoms with Crippen molar-refractivity contribution in [3.8, 4) is 0 Å². The Labute approximate surface area is 277 Å². The molecule has 1 saturated heterocycles. The number of halogens is 5. The van der Waals surface area contributed by atoms with Crippen LogP contribution in [-0.4, -0.2) is 34.3 Å². The second-order valence-electron chi connectivity index (χ2n) is 12.1. The van der Waals surface area contributed by atoms with Crippen molar-refractivity contribution in [3.05, 3.63) is 141 Å². The summed E-state index contributed by atoms with van der Waals surface area (Å²) in [5.41, 5.74) is 2.24. The molecular formula is C38H36ClF4NO3. The van der Waals surface area contributed by atoms with Crippen LogP contribution >= 0.6 is 11.6 Å². The summed E-state index contributed by atoms with van der Waals surface area (Å²) >= 11 is 6.01. The molecule has 0 saturated carbocycles. The standard InChI is InChI=1S/C38H36ClF4NO3/c39-32-23-27(17-18-33(32)40)34-15-7-19-44(34)37(47)29-13-6-12-28(22-29)36(46)24-30(20-25-8-2-1-3-9-25)35(45)16-5-11-26-10-4-14-31(21-26)38(41,42)43/h1-4,6,8-10,12-14,17-18,21-23,30,34-35,45H,5,7,11,15-16,19-20,24H2/t30-,34?,35-/m1/s1. The molecule has 1 heterocycles. The van der Waals surface area contributed by atoms with Gasteiger partial charge in [-0.25, -0.2) is 4.39 Å². The molecule has 9 heteroatoms. The highest BCUT2D eigenvalue weighted by Crippen LogP contribution is 2.35. The molecule has 0 bridgehead atoms. The highest BCUT2D eigenvalue weighted by atomic mass is 35.5. The predicted octanol–water partition coefficient (Wildman–Crippen LogP) is 9.29. The van der Waals surface area contributed by atoms with E-state index in [0.29, 0.717) is 55.3 Å². The van der Waals surface area contributed by atoms with Crippen LogP contribution in [0, 0.1) is 11.7 Å². The lowest BCUT2D eigenvalue weighted by atomic mass is 9.85. The number of carbonyl (C=O) groups is 2. The van der Waals surface area contributed by atoms with E-state index in [1.54, 1.807) is 47.4 Å². The summed E-state index contributed by atoms with van der Waals surface area (Å²) in [6, 6.07) is 25.5. The Morgan fingerprint density at radius 3 is 2.36 bits per heavy atom. The van der Waals surface area contributed by atoms with Crippen LogP contribution < -0.4 is 0 Å². The molecule has 1 fully saturated rings. The maximum absolute atomic E-state index is 13.8. The average Bonchev–Trinajstić information content (AvgIpc) is 3.56. The van der Waals surface area contributed by atoms with Gasteiger partial charge in [-0.15, -0.1) is 0 Å². The Morgan fingerprint density at radius 2 is 1.62 bits per heavy atom. The molecule has 0 aliphatic carbocycles. The monoisotopic (exact) mass is 665 g/mol. The molecule has 0 radical (unpaired) electrons. The third kappa shape index (κ3) is 8.87. The fraction of sp³-hybridized carbons (Fsp3) is 0.316. The third-order valence-corrected chi connectivity index (χ3v) is 9.12. The van der Waals surface area contributed by atoms with E-state index in [9.17, 15) is 32.3 Å². The molecule has 1 aliphatic rings. The van der Waals surface area contributed by atoms with Gasteiger partial charge in [-0.2, -0.15) is 13.2 Å². The van der Waals surface area contributed by atoms with Crippen LogP contribution in [0.25, 0.3) is 0 Å². The molecule has 47 heavy (non-hydrogen) atoms. The molecule has 1 N–H and O–H groups in total. The zero-order valence-electron chi connectivity index (χ0n) is 25.7. The van der Waals surface area contributed by atoms with Gasteiger partial charge in [-0.05, 0) is 91.5 Å². The Kier molecular flexibility index (Phi) is 11.1. The van der Waals surface area contributed by atoms with Gasteiger partial charge in [0.1, 0.15) is 5.82 Å². The molecule has 1 amide bonds. The fourth-order valence-electron chi connectivity index (χ4n) is 6.34. The van der Waals surface area contributed by atoms with E-state index in [2.05, 4.69) is 0 Å². The number of hydrogen-bond donors (Lipinski definition) is 1. The van der Waals surface area contributed by atoms with Gasteiger partial charge in [0.25, 0.3) is 5.91 Å². The largest absolute Gasteiger partial charge is 0.416 e. The van der Waals surface area contributed by atoms with Gasteiger partial charge in [-0.3, -0.25) is 9.59 Å². The van der Waals surface area contributed by atoms with Crippen LogP contribution in [0.1, 0.15) is 81.1 Å². The Morgan fingerprint density at radius 1 is 0.894 bits per heavy atom. The summed E-state index contributed by atoms with van der Waals surface area (Å²) in [4.78, 5) is 29.0. The maximum atomic E-state index is 13.8. The number of hydrogen-bond acceptors (Lipinski definition) is 3. The fourth-order valence-corrected chi connectivity index (χ4v) is 6.53. The van der Waals surface area contributed by atoms with Crippen molar-refractivity contribution in [3.63, 3.8) is 0 Å². The smallest absolute Gasteiger partial charge is 0.393 e. The summed E-state index contributed by atoms with van der Waals surface area (Å²) in [5, 5.41) is 11.3. The normalized spacial score (nSPS) is 16.2. The zero-order chi connectivity index (χ0) is 33.6. The minimum Gasteiger partial charge on any atom is -0.393 e. The molecule has 4 nitrogen and oxygen atoms in total. The summed E-state index contributed by atoms with van der Waals surface area (Å²) in [5.74, 6) is -1.43. The van der Waals surface area contributed by atoms with E-state index in [0.717, 1.165) is 29.7 Å². The minimum atomic E-state index is -4.42. The Balaban J connectivity index is 1.27. The first-order valence-electron chi connectivity index (χ1n) is 15.8. The molecule has 4 aromatic rings. The van der Waals surface area contributed by atoms with E-state index in [1.807, 2.05) is 30.3 Å². The first-order valence-corrected chi connectivity index (χ1v) is 16.1. The second kappa shape index (κ2) is 15.3. The van der Waals surface area contributed by atoms with Gasteiger partial charge < -0.3 is 10.0 Å². The number of aryl methyl sites for hydroxylation is 1. The first kappa shape index (κ1) is 34.3. The number of nitrogens with zero attached hydrogens (tertiary/aromatic N) is 1. The van der Waals surface area contributed by atoms with Gasteiger partial charge >= 0.3 is 6.18 Å². The third-order valence-electron chi connectivity index (χ3n) is 8.83. The van der Waals surface area contributed by atoms with Crippen LogP contribution in [0.4, 0.5) is 17.6 Å². The van der Waals surface area contributed by atoms with Crippen molar-refractivity contribution in [1.82, 2.24) is 4.90 Å². The number of ketones is 1. The Bertz CT molecular complexity index is 1690. The van der Waals surface area contributed by atoms with Crippen molar-refractivity contribution in [2.75, 3.05) is 6.54 Å². The van der Waals surface area contributed by atoms with Crippen molar-refractivity contribution in [2.45, 2.75) is 63.3 Å². The van der Waals surface area contributed by atoms with E-state index < -0.39 is 29.6 Å². The SMILES string of the molecule is O=C(C[C@@H](Cc1ccccc1)[C@H](O)CCCc1cccc(C(F)(F)F)c1)c1cccc(C(=O)N2CCCC2c2ccc(F)c(Cl)c2)c1. The number of alkyl halides is 3. The number of likely N-dealkylation sites (tertiary alicyclic amines) is 1. The lowest BCUT2D eigenvalue weighted by molar-refractivity contribution is -0.137. The van der Waals surface area contributed by atoms with Gasteiger partial charge in [0.05, 0.1) is 22.7 Å². The van der Waals surface area contributed by atoms with E-state index >= 15 is 0 Å². The molecule has 0 aromatic heterocycles. The molecule has 3 atom stereocenters. The summed E-state index contributed by atoms with van der Waals surface area (Å²) in [6.45, 7) is 0.516. The van der Waals surface area contributed by atoms with Crippen molar-refractivity contribution in [2.24, 2.45) is 5.92 Å². The quantitative estimate of drug-likeness (QED) is 0.121. The van der Waals surface area contributed by atoms with E-state index in [-0.39, 0.29) is 29.2 Å². The molecular weight excluding hydrogens is 630 g/mol. The van der Waals surface area contributed by atoms with E-state index in [1.165, 1.54) is 12.1 Å².